The standard InChI is InChI=1S/C25H28F3N3O3/c1-16-30-20-12-21(33-3)22(34-15-24(14-32-2)8-5-9-24)11-19(20)23(31-16)29-13-17-6-4-7-18(10-17)25(26,27)28/h4,6-7,10-12H,5,8-9,13-15H2,1-3H3,(H,29,30,31). The lowest BCUT2D eigenvalue weighted by Crippen LogP contribution is -2.39. The minimum Gasteiger partial charge on any atom is -0.493 e. The van der Waals surface area contributed by atoms with Crippen LogP contribution in [0.4, 0.5) is 19.0 Å². The maximum Gasteiger partial charge on any atom is 0.416 e. The number of fused-ring (bicyclic) bond motifs is 1. The quantitative estimate of drug-likeness (QED) is 0.424. The summed E-state index contributed by atoms with van der Waals surface area (Å²) in [6.45, 7) is 3.07. The van der Waals surface area contributed by atoms with E-state index in [1.165, 1.54) is 6.07 Å². The first kappa shape index (κ1) is 24.1. The van der Waals surface area contributed by atoms with Crippen LogP contribution in [0.25, 0.3) is 10.9 Å². The lowest BCUT2D eigenvalue weighted by molar-refractivity contribution is -0.137. The van der Waals surface area contributed by atoms with E-state index in [-0.39, 0.29) is 12.0 Å². The first-order valence-corrected chi connectivity index (χ1v) is 11.1. The summed E-state index contributed by atoms with van der Waals surface area (Å²) < 4.78 is 56.3. The average Bonchev–Trinajstić information content (AvgIpc) is 2.78. The van der Waals surface area contributed by atoms with Crippen molar-refractivity contribution in [1.29, 1.82) is 0 Å². The zero-order valence-corrected chi connectivity index (χ0v) is 19.5. The van der Waals surface area contributed by atoms with Gasteiger partial charge in [0.2, 0.25) is 0 Å². The summed E-state index contributed by atoms with van der Waals surface area (Å²) in [5, 5.41) is 3.87. The number of nitrogens with one attached hydrogen (secondary N) is 1. The van der Waals surface area contributed by atoms with Crippen molar-refractivity contribution in [2.75, 3.05) is 32.8 Å². The Hall–Kier alpha value is -3.07. The molecular formula is C25H28F3N3O3. The Labute approximate surface area is 196 Å². The van der Waals surface area contributed by atoms with Crippen LogP contribution in [0.3, 0.4) is 0 Å². The SMILES string of the molecule is COCC1(COc2cc3c(NCc4cccc(C(F)(F)F)c4)nc(C)nc3cc2OC)CCC1. The number of ether oxygens (including phenoxy) is 3. The first-order valence-electron chi connectivity index (χ1n) is 11.1. The van der Waals surface area contributed by atoms with Gasteiger partial charge < -0.3 is 19.5 Å². The molecule has 1 fully saturated rings. The van der Waals surface area contributed by atoms with Crippen molar-refractivity contribution in [3.05, 3.63) is 53.3 Å². The maximum atomic E-state index is 13.1. The molecule has 0 atom stereocenters. The Morgan fingerprint density at radius 2 is 1.82 bits per heavy atom. The lowest BCUT2D eigenvalue weighted by atomic mass is 9.70. The molecule has 1 heterocycles. The summed E-state index contributed by atoms with van der Waals surface area (Å²) >= 11 is 0. The van der Waals surface area contributed by atoms with E-state index in [2.05, 4.69) is 15.3 Å². The highest BCUT2D eigenvalue weighted by atomic mass is 19.4. The summed E-state index contributed by atoms with van der Waals surface area (Å²) in [4.78, 5) is 8.99. The van der Waals surface area contributed by atoms with Gasteiger partial charge in [-0.25, -0.2) is 9.97 Å². The third-order valence-electron chi connectivity index (χ3n) is 6.21. The number of hydrogen-bond donors (Lipinski definition) is 1. The van der Waals surface area contributed by atoms with Crippen LogP contribution >= 0.6 is 0 Å². The van der Waals surface area contributed by atoms with E-state index in [4.69, 9.17) is 14.2 Å². The minimum atomic E-state index is -4.39. The van der Waals surface area contributed by atoms with Gasteiger partial charge in [0.25, 0.3) is 0 Å². The fourth-order valence-electron chi connectivity index (χ4n) is 4.25. The average molecular weight is 476 g/mol. The second-order valence-electron chi connectivity index (χ2n) is 8.77. The molecule has 0 amide bonds. The number of aromatic nitrogens is 2. The molecule has 0 unspecified atom stereocenters. The van der Waals surface area contributed by atoms with Crippen LogP contribution in [0.15, 0.2) is 36.4 Å². The molecule has 4 rings (SSSR count). The van der Waals surface area contributed by atoms with Crippen molar-refractivity contribution in [3.63, 3.8) is 0 Å². The van der Waals surface area contributed by atoms with Gasteiger partial charge in [-0.1, -0.05) is 18.6 Å². The summed E-state index contributed by atoms with van der Waals surface area (Å²) in [6.07, 6.45) is -1.15. The second kappa shape index (κ2) is 9.66. The van der Waals surface area contributed by atoms with Crippen LogP contribution in [0.5, 0.6) is 11.5 Å². The van der Waals surface area contributed by atoms with E-state index >= 15 is 0 Å². The predicted molar refractivity (Wildman–Crippen MR) is 123 cm³/mol. The Bertz CT molecular complexity index is 1160. The Balaban J connectivity index is 1.61. The molecule has 3 aromatic rings. The van der Waals surface area contributed by atoms with E-state index < -0.39 is 11.7 Å². The van der Waals surface area contributed by atoms with Crippen molar-refractivity contribution in [3.8, 4) is 11.5 Å². The first-order chi connectivity index (χ1) is 16.2. The molecule has 0 saturated heterocycles. The van der Waals surface area contributed by atoms with E-state index in [0.29, 0.717) is 52.8 Å². The van der Waals surface area contributed by atoms with E-state index in [0.717, 1.165) is 31.4 Å². The van der Waals surface area contributed by atoms with Gasteiger partial charge in [0.15, 0.2) is 11.5 Å². The largest absolute Gasteiger partial charge is 0.493 e. The number of halogens is 3. The smallest absolute Gasteiger partial charge is 0.416 e. The molecular weight excluding hydrogens is 447 g/mol. The third-order valence-corrected chi connectivity index (χ3v) is 6.21. The molecule has 0 aliphatic heterocycles. The van der Waals surface area contributed by atoms with Gasteiger partial charge in [-0.05, 0) is 43.5 Å². The molecule has 1 aliphatic rings. The number of alkyl halides is 3. The molecule has 9 heteroatoms. The monoisotopic (exact) mass is 475 g/mol. The lowest BCUT2D eigenvalue weighted by Gasteiger charge is -2.40. The van der Waals surface area contributed by atoms with Crippen LogP contribution in [-0.4, -0.2) is 37.4 Å². The normalized spacial score (nSPS) is 15.1. The fraction of sp³-hybridized carbons (Fsp3) is 0.440. The summed E-state index contributed by atoms with van der Waals surface area (Å²) in [5.74, 6) is 2.17. The Morgan fingerprint density at radius 1 is 1.03 bits per heavy atom. The molecule has 0 radical (unpaired) electrons. The molecule has 0 bridgehead atoms. The van der Waals surface area contributed by atoms with Crippen molar-refractivity contribution in [2.24, 2.45) is 5.41 Å². The van der Waals surface area contributed by atoms with Gasteiger partial charge in [-0.2, -0.15) is 13.2 Å². The van der Waals surface area contributed by atoms with E-state index in [1.54, 1.807) is 33.3 Å². The second-order valence-corrected chi connectivity index (χ2v) is 8.77. The Kier molecular flexibility index (Phi) is 6.84. The van der Waals surface area contributed by atoms with Crippen molar-refractivity contribution >= 4 is 16.7 Å². The molecule has 6 nitrogen and oxygen atoms in total. The molecule has 1 N–H and O–H groups in total. The van der Waals surface area contributed by atoms with Gasteiger partial charge >= 0.3 is 6.18 Å². The minimum absolute atomic E-state index is 0.00305. The third kappa shape index (κ3) is 5.19. The number of anilines is 1. The van der Waals surface area contributed by atoms with Crippen LogP contribution < -0.4 is 14.8 Å². The predicted octanol–water partition coefficient (Wildman–Crippen LogP) is 5.77. The van der Waals surface area contributed by atoms with Crippen LogP contribution in [0.2, 0.25) is 0 Å². The van der Waals surface area contributed by atoms with E-state index in [9.17, 15) is 13.2 Å². The summed E-state index contributed by atoms with van der Waals surface area (Å²) in [7, 11) is 3.27. The molecule has 1 saturated carbocycles. The van der Waals surface area contributed by atoms with Gasteiger partial charge in [-0.15, -0.1) is 0 Å². The zero-order valence-electron chi connectivity index (χ0n) is 19.5. The summed E-state index contributed by atoms with van der Waals surface area (Å²) in [6, 6.07) is 8.84. The highest BCUT2D eigenvalue weighted by Gasteiger charge is 2.38. The number of aryl methyl sites for hydroxylation is 1. The number of benzene rings is 2. The molecule has 1 aliphatic carbocycles. The van der Waals surface area contributed by atoms with Gasteiger partial charge in [0.1, 0.15) is 11.6 Å². The van der Waals surface area contributed by atoms with Gasteiger partial charge in [-0.3, -0.25) is 0 Å². The van der Waals surface area contributed by atoms with Crippen LogP contribution in [0, 0.1) is 12.3 Å². The van der Waals surface area contributed by atoms with Crippen molar-refractivity contribution in [1.82, 2.24) is 9.97 Å². The van der Waals surface area contributed by atoms with E-state index in [1.807, 2.05) is 6.07 Å². The van der Waals surface area contributed by atoms with Crippen LogP contribution in [-0.2, 0) is 17.5 Å². The summed E-state index contributed by atoms with van der Waals surface area (Å²) in [5.41, 5.74) is 0.467. The topological polar surface area (TPSA) is 65.5 Å². The molecule has 182 valence electrons. The maximum absolute atomic E-state index is 13.1. The number of hydrogen-bond acceptors (Lipinski definition) is 6. The molecule has 2 aromatic carbocycles. The highest BCUT2D eigenvalue weighted by Crippen LogP contribution is 2.43. The van der Waals surface area contributed by atoms with Gasteiger partial charge in [0, 0.05) is 30.5 Å². The molecule has 34 heavy (non-hydrogen) atoms. The number of nitrogens with zero attached hydrogens (tertiary/aromatic N) is 2. The highest BCUT2D eigenvalue weighted by molar-refractivity contribution is 5.91. The number of rotatable bonds is 9. The molecule has 0 spiro atoms. The zero-order chi connectivity index (χ0) is 24.3. The Morgan fingerprint density at radius 3 is 2.47 bits per heavy atom. The number of methoxy groups -OCH3 is 2. The molecule has 1 aromatic heterocycles. The van der Waals surface area contributed by atoms with Gasteiger partial charge in [0.05, 0.1) is 31.4 Å². The van der Waals surface area contributed by atoms with Crippen molar-refractivity contribution < 1.29 is 27.4 Å². The fourth-order valence-corrected chi connectivity index (χ4v) is 4.25. The van der Waals surface area contributed by atoms with Crippen molar-refractivity contribution in [2.45, 2.75) is 38.9 Å². The van der Waals surface area contributed by atoms with Crippen LogP contribution in [0.1, 0.15) is 36.2 Å².